The zero-order chi connectivity index (χ0) is 12.5. The zero-order valence-electron chi connectivity index (χ0n) is 9.70. The van der Waals surface area contributed by atoms with E-state index < -0.39 is 0 Å². The molecule has 0 amide bonds. The minimum Gasteiger partial charge on any atom is -0.379 e. The molecule has 1 aliphatic carbocycles. The molecule has 1 saturated carbocycles. The number of nitrogens with one attached hydrogen (secondary N) is 1. The summed E-state index contributed by atoms with van der Waals surface area (Å²) in [7, 11) is 0. The Morgan fingerprint density at radius 1 is 1.41 bits per heavy atom. The van der Waals surface area contributed by atoms with Crippen molar-refractivity contribution in [2.75, 3.05) is 5.32 Å². The molecule has 4 nitrogen and oxygen atoms in total. The summed E-state index contributed by atoms with van der Waals surface area (Å²) in [5.41, 5.74) is 1.16. The molecule has 92 valence electrons. The number of halogens is 1. The van der Waals surface area contributed by atoms with Crippen molar-refractivity contribution in [2.45, 2.75) is 38.1 Å². The fraction of sp³-hybridized carbons (Fsp3) is 0.500. The van der Waals surface area contributed by atoms with Gasteiger partial charge in [-0.2, -0.15) is 0 Å². The minimum atomic E-state index is -0.383. The minimum absolute atomic E-state index is 0.110. The molecule has 2 rings (SSSR count). The molecule has 0 bridgehead atoms. The van der Waals surface area contributed by atoms with Crippen LogP contribution in [0.4, 0.5) is 11.4 Å². The second-order valence-corrected chi connectivity index (χ2v) is 5.67. The van der Waals surface area contributed by atoms with Crippen LogP contribution in [0, 0.1) is 10.1 Å². The first-order valence-corrected chi connectivity index (χ1v) is 6.52. The maximum Gasteiger partial charge on any atom is 0.270 e. The summed E-state index contributed by atoms with van der Waals surface area (Å²) in [4.78, 5) is 10.3. The molecule has 0 saturated heterocycles. The van der Waals surface area contributed by atoms with Crippen molar-refractivity contribution in [3.63, 3.8) is 0 Å². The lowest BCUT2D eigenvalue weighted by Crippen LogP contribution is -2.30. The van der Waals surface area contributed by atoms with Crippen molar-refractivity contribution in [3.8, 4) is 0 Å². The van der Waals surface area contributed by atoms with Gasteiger partial charge in [0.2, 0.25) is 0 Å². The van der Waals surface area contributed by atoms with Gasteiger partial charge in [0.15, 0.2) is 0 Å². The third-order valence-electron chi connectivity index (χ3n) is 3.31. The number of hydrogen-bond acceptors (Lipinski definition) is 3. The number of nitrogens with zero attached hydrogens (tertiary/aromatic N) is 1. The lowest BCUT2D eigenvalue weighted by Gasteiger charge is -2.27. The van der Waals surface area contributed by atoms with Crippen molar-refractivity contribution < 1.29 is 4.92 Å². The quantitative estimate of drug-likeness (QED) is 0.675. The van der Waals surface area contributed by atoms with Gasteiger partial charge in [0.05, 0.1) is 4.92 Å². The summed E-state index contributed by atoms with van der Waals surface area (Å²) in [6.07, 6.45) is 4.79. The number of nitro benzene ring substituents is 1. The topological polar surface area (TPSA) is 55.2 Å². The van der Waals surface area contributed by atoms with Crippen LogP contribution in [0.1, 0.15) is 32.6 Å². The predicted molar refractivity (Wildman–Crippen MR) is 71.3 cm³/mol. The van der Waals surface area contributed by atoms with Gasteiger partial charge >= 0.3 is 0 Å². The van der Waals surface area contributed by atoms with E-state index in [2.05, 4.69) is 28.2 Å². The fourth-order valence-electron chi connectivity index (χ4n) is 2.32. The van der Waals surface area contributed by atoms with Gasteiger partial charge in [-0.1, -0.05) is 12.8 Å². The first-order valence-electron chi connectivity index (χ1n) is 5.72. The number of anilines is 1. The average molecular weight is 299 g/mol. The van der Waals surface area contributed by atoms with Crippen molar-refractivity contribution in [1.82, 2.24) is 0 Å². The molecule has 0 radical (unpaired) electrons. The summed E-state index contributed by atoms with van der Waals surface area (Å²) >= 11 is 3.38. The van der Waals surface area contributed by atoms with Gasteiger partial charge in [-0.05, 0) is 41.8 Å². The Morgan fingerprint density at radius 2 is 2.06 bits per heavy atom. The largest absolute Gasteiger partial charge is 0.379 e. The normalized spacial score (nSPS) is 18.0. The predicted octanol–water partition coefficient (Wildman–Crippen LogP) is 4.10. The highest BCUT2D eigenvalue weighted by molar-refractivity contribution is 9.10. The summed E-state index contributed by atoms with van der Waals surface area (Å²) in [5, 5.41) is 14.1. The van der Waals surface area contributed by atoms with Crippen LogP contribution < -0.4 is 5.32 Å². The molecule has 1 aromatic rings. The van der Waals surface area contributed by atoms with Gasteiger partial charge in [0.25, 0.3) is 5.69 Å². The number of rotatable bonds is 3. The van der Waals surface area contributed by atoms with Gasteiger partial charge < -0.3 is 5.32 Å². The van der Waals surface area contributed by atoms with E-state index in [9.17, 15) is 10.1 Å². The molecule has 5 heteroatoms. The highest BCUT2D eigenvalue weighted by Gasteiger charge is 2.28. The lowest BCUT2D eigenvalue weighted by atomic mass is 10.0. The standard InChI is InChI=1S/C12H15BrN2O2/c1-12(6-2-3-7-12)14-11-5-4-9(15(16)17)8-10(11)13/h4-5,8,14H,2-3,6-7H2,1H3. The number of nitro groups is 1. The summed E-state index contributed by atoms with van der Waals surface area (Å²) in [5.74, 6) is 0. The van der Waals surface area contributed by atoms with Crippen molar-refractivity contribution in [3.05, 3.63) is 32.8 Å². The summed E-state index contributed by atoms with van der Waals surface area (Å²) in [6.45, 7) is 2.20. The third kappa shape index (κ3) is 2.77. The van der Waals surface area contributed by atoms with E-state index in [4.69, 9.17) is 0 Å². The second-order valence-electron chi connectivity index (χ2n) is 4.81. The van der Waals surface area contributed by atoms with Crippen molar-refractivity contribution in [2.24, 2.45) is 0 Å². The maximum absolute atomic E-state index is 10.6. The fourth-order valence-corrected chi connectivity index (χ4v) is 2.79. The number of hydrogen-bond donors (Lipinski definition) is 1. The molecule has 0 aliphatic heterocycles. The van der Waals surface area contributed by atoms with Crippen LogP contribution in [0.25, 0.3) is 0 Å². The van der Waals surface area contributed by atoms with E-state index in [1.165, 1.54) is 18.9 Å². The SMILES string of the molecule is CC1(Nc2ccc([N+](=O)[O-])cc2Br)CCCC1. The lowest BCUT2D eigenvalue weighted by molar-refractivity contribution is -0.384. The second kappa shape index (κ2) is 4.64. The molecular weight excluding hydrogens is 284 g/mol. The first-order chi connectivity index (χ1) is 8.00. The third-order valence-corrected chi connectivity index (χ3v) is 3.96. The van der Waals surface area contributed by atoms with Crippen LogP contribution in [-0.4, -0.2) is 10.5 Å². The highest BCUT2D eigenvalue weighted by Crippen LogP contribution is 2.36. The Kier molecular flexibility index (Phi) is 3.38. The van der Waals surface area contributed by atoms with Gasteiger partial charge in [-0.15, -0.1) is 0 Å². The van der Waals surface area contributed by atoms with E-state index in [0.29, 0.717) is 0 Å². The Labute approximate surface area is 109 Å². The van der Waals surface area contributed by atoms with Gasteiger partial charge in [-0.3, -0.25) is 10.1 Å². The summed E-state index contributed by atoms with van der Waals surface area (Å²) in [6, 6.07) is 4.85. The molecule has 0 heterocycles. The van der Waals surface area contributed by atoms with Gasteiger partial charge in [-0.25, -0.2) is 0 Å². The van der Waals surface area contributed by atoms with Crippen LogP contribution in [0.15, 0.2) is 22.7 Å². The zero-order valence-corrected chi connectivity index (χ0v) is 11.3. The highest BCUT2D eigenvalue weighted by atomic mass is 79.9. The summed E-state index contributed by atoms with van der Waals surface area (Å²) < 4.78 is 0.750. The van der Waals surface area contributed by atoms with Crippen LogP contribution in [0.5, 0.6) is 0 Å². The molecule has 0 atom stereocenters. The van der Waals surface area contributed by atoms with Crippen LogP contribution in [0.2, 0.25) is 0 Å². The van der Waals surface area contributed by atoms with Gasteiger partial charge in [0.1, 0.15) is 0 Å². The molecule has 1 aliphatic rings. The first kappa shape index (κ1) is 12.4. The molecule has 0 aromatic heterocycles. The van der Waals surface area contributed by atoms with E-state index in [1.54, 1.807) is 12.1 Å². The van der Waals surface area contributed by atoms with E-state index in [-0.39, 0.29) is 16.1 Å². The Morgan fingerprint density at radius 3 is 2.59 bits per heavy atom. The van der Waals surface area contributed by atoms with Crippen molar-refractivity contribution >= 4 is 27.3 Å². The van der Waals surface area contributed by atoms with E-state index in [1.807, 2.05) is 0 Å². The molecule has 0 spiro atoms. The smallest absolute Gasteiger partial charge is 0.270 e. The molecule has 1 fully saturated rings. The Bertz CT molecular complexity index is 442. The Hall–Kier alpha value is -1.10. The monoisotopic (exact) mass is 298 g/mol. The number of non-ortho nitro benzene ring substituents is 1. The van der Waals surface area contributed by atoms with Gasteiger partial charge in [0, 0.05) is 27.8 Å². The van der Waals surface area contributed by atoms with E-state index in [0.717, 1.165) is 23.0 Å². The molecule has 17 heavy (non-hydrogen) atoms. The molecule has 1 N–H and O–H groups in total. The van der Waals surface area contributed by atoms with Crippen LogP contribution >= 0.6 is 15.9 Å². The van der Waals surface area contributed by atoms with E-state index >= 15 is 0 Å². The average Bonchev–Trinajstić information content (AvgIpc) is 2.68. The molecular formula is C12H15BrN2O2. The van der Waals surface area contributed by atoms with Crippen LogP contribution in [0.3, 0.4) is 0 Å². The molecule has 1 aromatic carbocycles. The maximum atomic E-state index is 10.6. The molecule has 0 unspecified atom stereocenters. The van der Waals surface area contributed by atoms with Crippen molar-refractivity contribution in [1.29, 1.82) is 0 Å². The van der Waals surface area contributed by atoms with Crippen LogP contribution in [-0.2, 0) is 0 Å². The number of benzene rings is 1. The Balaban J connectivity index is 2.19.